The van der Waals surface area contributed by atoms with Crippen molar-refractivity contribution in [3.05, 3.63) is 0 Å². The van der Waals surface area contributed by atoms with E-state index in [9.17, 15) is 5.11 Å². The Labute approximate surface area is 141 Å². The van der Waals surface area contributed by atoms with E-state index in [2.05, 4.69) is 30.6 Å². The van der Waals surface area contributed by atoms with Crippen LogP contribution in [0.4, 0.5) is 0 Å². The molecule has 3 atom stereocenters. The highest BCUT2D eigenvalue weighted by Crippen LogP contribution is 2.39. The van der Waals surface area contributed by atoms with Crippen molar-refractivity contribution in [1.29, 1.82) is 0 Å². The largest absolute Gasteiger partial charge is 0.395 e. The Hall–Kier alpha value is -0.200. The third kappa shape index (κ3) is 6.67. The van der Waals surface area contributed by atoms with Crippen molar-refractivity contribution in [2.75, 3.05) is 52.5 Å². The Morgan fingerprint density at radius 1 is 1.13 bits per heavy atom. The van der Waals surface area contributed by atoms with Gasteiger partial charge in [0.05, 0.1) is 25.4 Å². The van der Waals surface area contributed by atoms with Crippen LogP contribution in [0.3, 0.4) is 0 Å². The Kier molecular flexibility index (Phi) is 7.29. The fourth-order valence-electron chi connectivity index (χ4n) is 4.32. The summed E-state index contributed by atoms with van der Waals surface area (Å²) in [6.45, 7) is 13.0. The van der Waals surface area contributed by atoms with Gasteiger partial charge in [0.15, 0.2) is 0 Å². The smallest absolute Gasteiger partial charge is 0.0900 e. The number of hydrogen-bond acceptors (Lipinski definition) is 5. The van der Waals surface area contributed by atoms with E-state index in [1.165, 1.54) is 6.42 Å². The maximum atomic E-state index is 10.3. The van der Waals surface area contributed by atoms with Gasteiger partial charge in [0.25, 0.3) is 0 Å². The summed E-state index contributed by atoms with van der Waals surface area (Å²) in [4.78, 5) is 4.57. The predicted octanol–water partition coefficient (Wildman–Crippen LogP) is 1.19. The standard InChI is InChI=1S/C18H36N2O3/c1-15-10-17(12-18(2,3)11-15)23-14-16(22)13-20-6-4-19(5-7-20)8-9-21/h15-17,21-22H,4-14H2,1-3H3/t15-,16-,17+/m1/s1. The highest BCUT2D eigenvalue weighted by atomic mass is 16.5. The summed E-state index contributed by atoms with van der Waals surface area (Å²) in [6, 6.07) is 0. The van der Waals surface area contributed by atoms with Crippen LogP contribution < -0.4 is 0 Å². The van der Waals surface area contributed by atoms with Crippen LogP contribution in [-0.2, 0) is 4.74 Å². The molecule has 0 aromatic rings. The molecule has 1 heterocycles. The molecule has 2 aliphatic rings. The summed E-state index contributed by atoms with van der Waals surface area (Å²) < 4.78 is 6.03. The van der Waals surface area contributed by atoms with Gasteiger partial charge in [-0.1, -0.05) is 20.8 Å². The molecule has 2 N–H and O–H groups in total. The van der Waals surface area contributed by atoms with E-state index in [1.807, 2.05) is 0 Å². The zero-order chi connectivity index (χ0) is 16.9. The van der Waals surface area contributed by atoms with Crippen LogP contribution in [0, 0.1) is 11.3 Å². The number of rotatable bonds is 7. The first kappa shape index (κ1) is 19.1. The van der Waals surface area contributed by atoms with Crippen molar-refractivity contribution in [3.8, 4) is 0 Å². The first-order valence-electron chi connectivity index (χ1n) is 9.23. The van der Waals surface area contributed by atoms with Crippen LogP contribution in [0.2, 0.25) is 0 Å². The van der Waals surface area contributed by atoms with Crippen LogP contribution in [0.1, 0.15) is 40.0 Å². The molecule has 0 spiro atoms. The highest BCUT2D eigenvalue weighted by Gasteiger charge is 2.32. The van der Waals surface area contributed by atoms with Gasteiger partial charge < -0.3 is 14.9 Å². The second kappa shape index (κ2) is 8.77. The lowest BCUT2D eigenvalue weighted by atomic mass is 9.71. The second-order valence-corrected chi connectivity index (χ2v) is 8.39. The van der Waals surface area contributed by atoms with E-state index < -0.39 is 6.10 Å². The topological polar surface area (TPSA) is 56.2 Å². The molecule has 5 nitrogen and oxygen atoms in total. The molecule has 0 radical (unpaired) electrons. The average molecular weight is 328 g/mol. The lowest BCUT2D eigenvalue weighted by Gasteiger charge is -2.39. The van der Waals surface area contributed by atoms with Gasteiger partial charge in [0.1, 0.15) is 0 Å². The van der Waals surface area contributed by atoms with Gasteiger partial charge >= 0.3 is 0 Å². The second-order valence-electron chi connectivity index (χ2n) is 8.39. The van der Waals surface area contributed by atoms with Gasteiger partial charge in [-0.2, -0.15) is 0 Å². The first-order chi connectivity index (χ1) is 10.9. The van der Waals surface area contributed by atoms with Crippen molar-refractivity contribution < 1.29 is 14.9 Å². The van der Waals surface area contributed by atoms with E-state index in [4.69, 9.17) is 9.84 Å². The van der Waals surface area contributed by atoms with Crippen molar-refractivity contribution >= 4 is 0 Å². The SMILES string of the molecule is C[C@@H]1C[C@H](OC[C@H](O)CN2CCN(CCO)CC2)CC(C)(C)C1. The first-order valence-corrected chi connectivity index (χ1v) is 9.23. The van der Waals surface area contributed by atoms with Gasteiger partial charge in [-0.15, -0.1) is 0 Å². The van der Waals surface area contributed by atoms with Gasteiger partial charge in [0.2, 0.25) is 0 Å². The van der Waals surface area contributed by atoms with Crippen LogP contribution in [0.5, 0.6) is 0 Å². The third-order valence-electron chi connectivity index (χ3n) is 5.22. The average Bonchev–Trinajstić information content (AvgIpc) is 2.45. The normalized spacial score (nSPS) is 31.2. The Morgan fingerprint density at radius 2 is 1.78 bits per heavy atom. The van der Waals surface area contributed by atoms with Gasteiger partial charge in [-0.05, 0) is 30.6 Å². The maximum absolute atomic E-state index is 10.3. The molecule has 2 fully saturated rings. The van der Waals surface area contributed by atoms with Crippen LogP contribution in [-0.4, -0.2) is 84.7 Å². The van der Waals surface area contributed by atoms with E-state index >= 15 is 0 Å². The summed E-state index contributed by atoms with van der Waals surface area (Å²) in [6.07, 6.45) is 3.39. The fraction of sp³-hybridized carbons (Fsp3) is 1.00. The zero-order valence-corrected chi connectivity index (χ0v) is 15.2. The highest BCUT2D eigenvalue weighted by molar-refractivity contribution is 4.83. The Bertz CT molecular complexity index is 343. The van der Waals surface area contributed by atoms with Gasteiger partial charge in [0, 0.05) is 39.3 Å². The molecular formula is C18H36N2O3. The van der Waals surface area contributed by atoms with Crippen LogP contribution in [0.25, 0.3) is 0 Å². The van der Waals surface area contributed by atoms with Crippen molar-refractivity contribution in [3.63, 3.8) is 0 Å². The van der Waals surface area contributed by atoms with E-state index in [-0.39, 0.29) is 6.61 Å². The summed E-state index contributed by atoms with van der Waals surface area (Å²) in [5.74, 6) is 0.709. The third-order valence-corrected chi connectivity index (χ3v) is 5.22. The molecule has 23 heavy (non-hydrogen) atoms. The molecule has 1 saturated carbocycles. The van der Waals surface area contributed by atoms with Crippen molar-refractivity contribution in [1.82, 2.24) is 9.80 Å². The monoisotopic (exact) mass is 328 g/mol. The van der Waals surface area contributed by atoms with E-state index in [1.54, 1.807) is 0 Å². The van der Waals surface area contributed by atoms with Crippen LogP contribution >= 0.6 is 0 Å². The number of ether oxygens (including phenoxy) is 1. The Morgan fingerprint density at radius 3 is 2.39 bits per heavy atom. The molecule has 5 heteroatoms. The minimum atomic E-state index is -0.403. The Balaban J connectivity index is 1.64. The number of nitrogens with zero attached hydrogens (tertiary/aromatic N) is 2. The van der Waals surface area contributed by atoms with Gasteiger partial charge in [-0.25, -0.2) is 0 Å². The molecule has 1 aliphatic carbocycles. The minimum Gasteiger partial charge on any atom is -0.395 e. The maximum Gasteiger partial charge on any atom is 0.0900 e. The van der Waals surface area contributed by atoms with Crippen molar-refractivity contribution in [2.45, 2.75) is 52.2 Å². The minimum absolute atomic E-state index is 0.229. The summed E-state index contributed by atoms with van der Waals surface area (Å²) >= 11 is 0. The molecule has 136 valence electrons. The number of aliphatic hydroxyl groups is 2. The summed E-state index contributed by atoms with van der Waals surface area (Å²) in [7, 11) is 0. The number of aliphatic hydroxyl groups excluding tert-OH is 2. The van der Waals surface area contributed by atoms with Crippen LogP contribution in [0.15, 0.2) is 0 Å². The molecule has 2 rings (SSSR count). The quantitative estimate of drug-likeness (QED) is 0.735. The number of hydrogen-bond donors (Lipinski definition) is 2. The molecule has 0 aromatic heterocycles. The number of piperazine rings is 1. The van der Waals surface area contributed by atoms with E-state index in [0.717, 1.165) is 45.6 Å². The predicted molar refractivity (Wildman–Crippen MR) is 92.5 cm³/mol. The fourth-order valence-corrected chi connectivity index (χ4v) is 4.32. The summed E-state index contributed by atoms with van der Waals surface area (Å²) in [5.41, 5.74) is 0.357. The van der Waals surface area contributed by atoms with Crippen molar-refractivity contribution in [2.24, 2.45) is 11.3 Å². The molecule has 0 unspecified atom stereocenters. The van der Waals surface area contributed by atoms with Gasteiger partial charge in [-0.3, -0.25) is 9.80 Å². The van der Waals surface area contributed by atoms with E-state index in [0.29, 0.717) is 30.6 Å². The molecule has 1 aliphatic heterocycles. The summed E-state index contributed by atoms with van der Waals surface area (Å²) in [5, 5.41) is 19.2. The molecule has 0 aromatic carbocycles. The zero-order valence-electron chi connectivity index (χ0n) is 15.2. The number of β-amino-alcohol motifs (C(OH)–C–C–N with tert-alkyl or cyclic N) is 2. The lowest BCUT2D eigenvalue weighted by Crippen LogP contribution is -2.49. The molecule has 0 amide bonds. The lowest BCUT2D eigenvalue weighted by molar-refractivity contribution is -0.0634. The molecular weight excluding hydrogens is 292 g/mol. The molecule has 1 saturated heterocycles. The molecule has 0 bridgehead atoms.